The van der Waals surface area contributed by atoms with Gasteiger partial charge in [0, 0.05) is 41.4 Å². The number of benzene rings is 1. The standard InChI is InChI=1S/C22H29N3O4/c1-14(2)24(21(26)29-22(3,4)5)16-8-6-15(7-9-16)19-13-23-20-12-17(25(27)28)10-11-18(19)20/h6,10-14,16,23H,7-9H2,1-5H3. The van der Waals surface area contributed by atoms with Crippen LogP contribution < -0.4 is 0 Å². The first-order chi connectivity index (χ1) is 13.6. The minimum absolute atomic E-state index is 0.0541. The van der Waals surface area contributed by atoms with Crippen molar-refractivity contribution in [1.29, 1.82) is 0 Å². The molecule has 1 aliphatic rings. The van der Waals surface area contributed by atoms with Crippen LogP contribution in [0.25, 0.3) is 16.5 Å². The molecule has 1 aliphatic carbocycles. The zero-order valence-electron chi connectivity index (χ0n) is 17.7. The van der Waals surface area contributed by atoms with Gasteiger partial charge < -0.3 is 14.6 Å². The Hall–Kier alpha value is -2.83. The smallest absolute Gasteiger partial charge is 0.410 e. The molecule has 1 unspecified atom stereocenters. The van der Waals surface area contributed by atoms with Gasteiger partial charge in [-0.1, -0.05) is 6.08 Å². The fourth-order valence-electron chi connectivity index (χ4n) is 3.91. The van der Waals surface area contributed by atoms with Crippen LogP contribution in [0.4, 0.5) is 10.5 Å². The quantitative estimate of drug-likeness (QED) is 0.531. The number of carbonyl (C=O) groups is 1. The average Bonchev–Trinajstić information content (AvgIpc) is 3.03. The lowest BCUT2D eigenvalue weighted by Crippen LogP contribution is -2.47. The maximum absolute atomic E-state index is 12.7. The van der Waals surface area contributed by atoms with Gasteiger partial charge in [-0.05, 0) is 65.5 Å². The van der Waals surface area contributed by atoms with Gasteiger partial charge in [0.05, 0.1) is 10.4 Å². The third-order valence-corrected chi connectivity index (χ3v) is 5.16. The molecule has 1 aromatic heterocycles. The number of amides is 1. The predicted octanol–water partition coefficient (Wildman–Crippen LogP) is 5.66. The first-order valence-electron chi connectivity index (χ1n) is 10.0. The molecule has 1 atom stereocenters. The molecular formula is C22H29N3O4. The van der Waals surface area contributed by atoms with Crippen LogP contribution >= 0.6 is 0 Å². The molecule has 0 radical (unpaired) electrons. The number of aromatic amines is 1. The van der Waals surface area contributed by atoms with Crippen LogP contribution in [0, 0.1) is 10.1 Å². The second kappa shape index (κ2) is 7.89. The molecule has 156 valence electrons. The van der Waals surface area contributed by atoms with Gasteiger partial charge in [0.25, 0.3) is 5.69 Å². The number of hydrogen-bond donors (Lipinski definition) is 1. The molecule has 0 fully saturated rings. The van der Waals surface area contributed by atoms with Gasteiger partial charge in [-0.15, -0.1) is 0 Å². The molecular weight excluding hydrogens is 370 g/mol. The minimum Gasteiger partial charge on any atom is -0.444 e. The van der Waals surface area contributed by atoms with Gasteiger partial charge in [0.1, 0.15) is 5.60 Å². The number of aromatic nitrogens is 1. The lowest BCUT2D eigenvalue weighted by atomic mass is 9.89. The normalized spacial score (nSPS) is 17.3. The summed E-state index contributed by atoms with van der Waals surface area (Å²) in [6.07, 6.45) is 6.26. The van der Waals surface area contributed by atoms with Gasteiger partial charge in [-0.3, -0.25) is 10.1 Å². The molecule has 1 aromatic carbocycles. The number of rotatable bonds is 4. The molecule has 2 aromatic rings. The maximum Gasteiger partial charge on any atom is 0.410 e. The van der Waals surface area contributed by atoms with Crippen molar-refractivity contribution in [3.8, 4) is 0 Å². The number of nitrogens with one attached hydrogen (secondary N) is 1. The largest absolute Gasteiger partial charge is 0.444 e. The third-order valence-electron chi connectivity index (χ3n) is 5.16. The monoisotopic (exact) mass is 399 g/mol. The molecule has 0 saturated heterocycles. The molecule has 3 rings (SSSR count). The zero-order chi connectivity index (χ0) is 21.3. The average molecular weight is 399 g/mol. The summed E-state index contributed by atoms with van der Waals surface area (Å²) in [5.41, 5.74) is 2.59. The third kappa shape index (κ3) is 4.60. The predicted molar refractivity (Wildman–Crippen MR) is 114 cm³/mol. The molecule has 1 heterocycles. The molecule has 1 amide bonds. The van der Waals surface area contributed by atoms with Crippen LogP contribution in [-0.4, -0.2) is 38.6 Å². The van der Waals surface area contributed by atoms with Gasteiger partial charge in [0.2, 0.25) is 0 Å². The van der Waals surface area contributed by atoms with E-state index in [-0.39, 0.29) is 28.8 Å². The summed E-state index contributed by atoms with van der Waals surface area (Å²) in [4.78, 5) is 28.3. The van der Waals surface area contributed by atoms with E-state index in [1.165, 1.54) is 11.6 Å². The number of hydrogen-bond acceptors (Lipinski definition) is 4. The molecule has 0 bridgehead atoms. The number of allylic oxidation sites excluding steroid dienone is 1. The van der Waals surface area contributed by atoms with Crippen molar-refractivity contribution < 1.29 is 14.5 Å². The molecule has 1 N–H and O–H groups in total. The van der Waals surface area contributed by atoms with E-state index < -0.39 is 5.60 Å². The Balaban J connectivity index is 1.80. The summed E-state index contributed by atoms with van der Waals surface area (Å²) < 4.78 is 5.61. The van der Waals surface area contributed by atoms with E-state index in [9.17, 15) is 14.9 Å². The molecule has 0 aliphatic heterocycles. The summed E-state index contributed by atoms with van der Waals surface area (Å²) in [5, 5.41) is 12.0. The van der Waals surface area contributed by atoms with Crippen LogP contribution in [0.2, 0.25) is 0 Å². The van der Waals surface area contributed by atoms with Crippen molar-refractivity contribution >= 4 is 28.3 Å². The fraction of sp³-hybridized carbons (Fsp3) is 0.500. The second-order valence-electron chi connectivity index (χ2n) is 8.83. The van der Waals surface area contributed by atoms with Crippen molar-refractivity contribution in [2.75, 3.05) is 0 Å². The Kier molecular flexibility index (Phi) is 5.68. The zero-order valence-corrected chi connectivity index (χ0v) is 17.7. The van der Waals surface area contributed by atoms with Gasteiger partial charge in [-0.25, -0.2) is 4.79 Å². The van der Waals surface area contributed by atoms with Gasteiger partial charge >= 0.3 is 6.09 Å². The molecule has 7 heteroatoms. The number of nitro benzene ring substituents is 1. The highest BCUT2D eigenvalue weighted by atomic mass is 16.6. The molecule has 0 spiro atoms. The fourth-order valence-corrected chi connectivity index (χ4v) is 3.91. The first-order valence-corrected chi connectivity index (χ1v) is 10.0. The number of non-ortho nitro benzene ring substituents is 1. The number of nitrogens with zero attached hydrogens (tertiary/aromatic N) is 2. The second-order valence-corrected chi connectivity index (χ2v) is 8.83. The van der Waals surface area contributed by atoms with E-state index in [1.54, 1.807) is 12.1 Å². The summed E-state index contributed by atoms with van der Waals surface area (Å²) >= 11 is 0. The van der Waals surface area contributed by atoms with Crippen molar-refractivity contribution in [3.63, 3.8) is 0 Å². The summed E-state index contributed by atoms with van der Waals surface area (Å²) in [7, 11) is 0. The summed E-state index contributed by atoms with van der Waals surface area (Å²) in [6, 6.07) is 5.05. The topological polar surface area (TPSA) is 88.5 Å². The lowest BCUT2D eigenvalue weighted by molar-refractivity contribution is -0.384. The van der Waals surface area contributed by atoms with Gasteiger partial charge in [-0.2, -0.15) is 0 Å². The molecule has 29 heavy (non-hydrogen) atoms. The van der Waals surface area contributed by atoms with E-state index >= 15 is 0 Å². The Morgan fingerprint density at radius 2 is 2.07 bits per heavy atom. The van der Waals surface area contributed by atoms with E-state index in [4.69, 9.17) is 4.74 Å². The van der Waals surface area contributed by atoms with E-state index in [1.807, 2.05) is 45.7 Å². The van der Waals surface area contributed by atoms with Crippen LogP contribution in [0.5, 0.6) is 0 Å². The molecule has 7 nitrogen and oxygen atoms in total. The van der Waals surface area contributed by atoms with E-state index in [0.717, 1.165) is 35.7 Å². The van der Waals surface area contributed by atoms with Crippen LogP contribution in [0.3, 0.4) is 0 Å². The number of nitro groups is 1. The molecule has 0 saturated carbocycles. The Bertz CT molecular complexity index is 953. The van der Waals surface area contributed by atoms with Crippen molar-refractivity contribution in [1.82, 2.24) is 9.88 Å². The van der Waals surface area contributed by atoms with Crippen LogP contribution in [0.1, 0.15) is 59.4 Å². The first kappa shape index (κ1) is 20.9. The number of carbonyl (C=O) groups excluding carboxylic acids is 1. The highest BCUT2D eigenvalue weighted by Crippen LogP contribution is 2.35. The Morgan fingerprint density at radius 1 is 1.34 bits per heavy atom. The van der Waals surface area contributed by atoms with Crippen molar-refractivity contribution in [3.05, 3.63) is 46.1 Å². The van der Waals surface area contributed by atoms with Crippen molar-refractivity contribution in [2.24, 2.45) is 0 Å². The highest BCUT2D eigenvalue weighted by molar-refractivity contribution is 5.93. The maximum atomic E-state index is 12.7. The van der Waals surface area contributed by atoms with Gasteiger partial charge in [0.15, 0.2) is 0 Å². The minimum atomic E-state index is -0.521. The van der Waals surface area contributed by atoms with E-state index in [2.05, 4.69) is 11.1 Å². The highest BCUT2D eigenvalue weighted by Gasteiger charge is 2.31. The Morgan fingerprint density at radius 3 is 2.62 bits per heavy atom. The Labute approximate surface area is 170 Å². The lowest BCUT2D eigenvalue weighted by Gasteiger charge is -2.37. The SMILES string of the molecule is CC(C)N(C(=O)OC(C)(C)C)C1CC=C(c2c[nH]c3cc([N+](=O)[O-])ccc23)CC1. The van der Waals surface area contributed by atoms with E-state index in [0.29, 0.717) is 0 Å². The number of fused-ring (bicyclic) bond motifs is 1. The van der Waals surface area contributed by atoms with Crippen LogP contribution in [0.15, 0.2) is 30.5 Å². The number of ether oxygens (including phenoxy) is 1. The summed E-state index contributed by atoms with van der Waals surface area (Å²) in [6.45, 7) is 9.66. The summed E-state index contributed by atoms with van der Waals surface area (Å²) in [5.74, 6) is 0. The number of H-pyrrole nitrogens is 1. The van der Waals surface area contributed by atoms with Crippen LogP contribution in [-0.2, 0) is 4.74 Å². The van der Waals surface area contributed by atoms with Crippen molar-refractivity contribution in [2.45, 2.75) is 71.6 Å².